The van der Waals surface area contributed by atoms with Crippen molar-refractivity contribution in [1.29, 1.82) is 0 Å². The molecule has 5 rings (SSSR count). The van der Waals surface area contributed by atoms with Gasteiger partial charge in [-0.2, -0.15) is 0 Å². The van der Waals surface area contributed by atoms with Gasteiger partial charge in [-0.1, -0.05) is 11.6 Å². The highest BCUT2D eigenvalue weighted by Crippen LogP contribution is 2.37. The van der Waals surface area contributed by atoms with Crippen molar-refractivity contribution in [2.24, 2.45) is 0 Å². The summed E-state index contributed by atoms with van der Waals surface area (Å²) < 4.78 is 33.4. The van der Waals surface area contributed by atoms with Gasteiger partial charge < -0.3 is 14.5 Å². The van der Waals surface area contributed by atoms with E-state index in [2.05, 4.69) is 4.90 Å². The highest BCUT2D eigenvalue weighted by atomic mass is 35.5. The molecule has 0 unspecified atom stereocenters. The van der Waals surface area contributed by atoms with Crippen LogP contribution in [0.15, 0.2) is 71.6 Å². The molecule has 1 saturated heterocycles. The Hall–Kier alpha value is -3.23. The average Bonchev–Trinajstić information content (AvgIpc) is 3.24. The number of nitrogens with zero attached hydrogens (tertiary/aromatic N) is 3. The molecule has 1 amide bonds. The Bertz CT molecular complexity index is 1370. The molecule has 2 aliphatic rings. The quantitative estimate of drug-likeness (QED) is 0.492. The molecule has 2 aliphatic heterocycles. The number of amides is 1. The molecule has 0 saturated carbocycles. The Morgan fingerprint density at radius 1 is 0.944 bits per heavy atom. The van der Waals surface area contributed by atoms with Crippen LogP contribution in [0.4, 0.5) is 11.4 Å². The third-order valence-corrected chi connectivity index (χ3v) is 9.05. The lowest BCUT2D eigenvalue weighted by molar-refractivity contribution is 0.0746. The van der Waals surface area contributed by atoms with Crippen molar-refractivity contribution in [2.75, 3.05) is 42.5 Å². The number of anilines is 2. The number of piperazine rings is 1. The smallest absolute Gasteiger partial charge is 0.264 e. The van der Waals surface area contributed by atoms with E-state index >= 15 is 0 Å². The average molecular weight is 526 g/mol. The standard InChI is InChI=1S/C27H28ClN3O4S/c1-19-17-21-18-20(3-12-26(21)31(19)36(33,34)25-10-4-22(28)5-11-25)27(32)30-15-13-29(14-16-30)23-6-8-24(35-2)9-7-23/h3-12,18-19H,13-17H2,1-2H3/t19-/m0/s1. The fraction of sp³-hybridized carbons (Fsp3) is 0.296. The molecular formula is C27H28ClN3O4S. The number of halogens is 1. The second kappa shape index (κ2) is 9.67. The lowest BCUT2D eigenvalue weighted by Crippen LogP contribution is -2.48. The number of sulfonamides is 1. The highest BCUT2D eigenvalue weighted by Gasteiger charge is 2.36. The topological polar surface area (TPSA) is 70.2 Å². The lowest BCUT2D eigenvalue weighted by Gasteiger charge is -2.36. The first-order valence-electron chi connectivity index (χ1n) is 11.9. The number of fused-ring (bicyclic) bond motifs is 1. The summed E-state index contributed by atoms with van der Waals surface area (Å²) >= 11 is 5.94. The Morgan fingerprint density at radius 3 is 2.25 bits per heavy atom. The minimum Gasteiger partial charge on any atom is -0.497 e. The molecule has 36 heavy (non-hydrogen) atoms. The van der Waals surface area contributed by atoms with E-state index < -0.39 is 10.0 Å². The molecule has 9 heteroatoms. The summed E-state index contributed by atoms with van der Waals surface area (Å²) in [4.78, 5) is 17.6. The molecule has 0 radical (unpaired) electrons. The third kappa shape index (κ3) is 4.51. The molecule has 3 aromatic carbocycles. The van der Waals surface area contributed by atoms with Gasteiger partial charge in [-0.25, -0.2) is 8.42 Å². The maximum Gasteiger partial charge on any atom is 0.264 e. The molecule has 0 spiro atoms. The first-order chi connectivity index (χ1) is 17.3. The zero-order chi connectivity index (χ0) is 25.4. The van der Waals surface area contributed by atoms with E-state index in [1.54, 1.807) is 31.4 Å². The summed E-state index contributed by atoms with van der Waals surface area (Å²) in [7, 11) is -2.09. The van der Waals surface area contributed by atoms with E-state index in [9.17, 15) is 13.2 Å². The number of ether oxygens (including phenoxy) is 1. The van der Waals surface area contributed by atoms with Crippen LogP contribution in [0.2, 0.25) is 5.02 Å². The third-order valence-electron chi connectivity index (χ3n) is 6.85. The molecule has 7 nitrogen and oxygen atoms in total. The number of benzene rings is 3. The van der Waals surface area contributed by atoms with Crippen LogP contribution in [-0.2, 0) is 16.4 Å². The molecule has 2 heterocycles. The van der Waals surface area contributed by atoms with E-state index in [1.165, 1.54) is 16.4 Å². The second-order valence-corrected chi connectivity index (χ2v) is 11.4. The summed E-state index contributed by atoms with van der Waals surface area (Å²) in [5, 5.41) is 0.483. The number of hydrogen-bond donors (Lipinski definition) is 0. The molecule has 0 N–H and O–H groups in total. The summed E-state index contributed by atoms with van der Waals surface area (Å²) in [5.41, 5.74) is 3.18. The van der Waals surface area contributed by atoms with Crippen LogP contribution >= 0.6 is 11.6 Å². The van der Waals surface area contributed by atoms with Crippen molar-refractivity contribution >= 4 is 38.9 Å². The zero-order valence-corrected chi connectivity index (χ0v) is 21.8. The van der Waals surface area contributed by atoms with Crippen molar-refractivity contribution in [3.05, 3.63) is 82.9 Å². The minimum absolute atomic E-state index is 0.0288. The predicted octanol–water partition coefficient (Wildman–Crippen LogP) is 4.45. The largest absolute Gasteiger partial charge is 0.497 e. The Morgan fingerprint density at radius 2 is 1.61 bits per heavy atom. The van der Waals surface area contributed by atoms with Gasteiger partial charge in [0.1, 0.15) is 5.75 Å². The Kier molecular flexibility index (Phi) is 6.57. The van der Waals surface area contributed by atoms with E-state index in [1.807, 2.05) is 42.2 Å². The molecule has 0 aromatic heterocycles. The number of methoxy groups -OCH3 is 1. The van der Waals surface area contributed by atoms with Crippen LogP contribution < -0.4 is 13.9 Å². The second-order valence-electron chi connectivity index (χ2n) is 9.13. The number of carbonyl (C=O) groups is 1. The fourth-order valence-corrected chi connectivity index (χ4v) is 6.78. The van der Waals surface area contributed by atoms with E-state index in [0.29, 0.717) is 35.8 Å². The van der Waals surface area contributed by atoms with Gasteiger partial charge in [0, 0.05) is 48.5 Å². The van der Waals surface area contributed by atoms with E-state index in [4.69, 9.17) is 16.3 Å². The SMILES string of the molecule is COc1ccc(N2CCN(C(=O)c3ccc4c(c3)C[C@H](C)N4S(=O)(=O)c3ccc(Cl)cc3)CC2)cc1. The van der Waals surface area contributed by atoms with Gasteiger partial charge in [0.2, 0.25) is 0 Å². The van der Waals surface area contributed by atoms with Crippen LogP contribution in [0.3, 0.4) is 0 Å². The first-order valence-corrected chi connectivity index (χ1v) is 13.7. The van der Waals surface area contributed by atoms with Gasteiger partial charge >= 0.3 is 0 Å². The molecule has 0 aliphatic carbocycles. The molecule has 1 atom stereocenters. The lowest BCUT2D eigenvalue weighted by atomic mass is 10.1. The maximum absolute atomic E-state index is 13.4. The molecular weight excluding hydrogens is 498 g/mol. The minimum atomic E-state index is -3.74. The number of rotatable bonds is 5. The van der Waals surface area contributed by atoms with Crippen molar-refractivity contribution in [1.82, 2.24) is 4.90 Å². The Balaban J connectivity index is 1.30. The zero-order valence-electron chi connectivity index (χ0n) is 20.2. The van der Waals surface area contributed by atoms with E-state index in [-0.39, 0.29) is 16.8 Å². The molecule has 1 fully saturated rings. The summed E-state index contributed by atoms with van der Waals surface area (Å²) in [6, 6.07) is 19.2. The summed E-state index contributed by atoms with van der Waals surface area (Å²) in [6.07, 6.45) is 0.550. The van der Waals surface area contributed by atoms with Gasteiger partial charge in [0.05, 0.1) is 17.7 Å². The first kappa shape index (κ1) is 24.5. The van der Waals surface area contributed by atoms with Crippen molar-refractivity contribution in [3.63, 3.8) is 0 Å². The van der Waals surface area contributed by atoms with Crippen molar-refractivity contribution in [3.8, 4) is 5.75 Å². The van der Waals surface area contributed by atoms with Crippen LogP contribution in [0, 0.1) is 0 Å². The van der Waals surface area contributed by atoms with Gasteiger partial charge in [-0.05, 0) is 85.6 Å². The number of carbonyl (C=O) groups excluding carboxylic acids is 1. The maximum atomic E-state index is 13.4. The van der Waals surface area contributed by atoms with Crippen LogP contribution in [0.1, 0.15) is 22.8 Å². The van der Waals surface area contributed by atoms with Crippen LogP contribution in [-0.4, -0.2) is 58.6 Å². The normalized spacial score (nSPS) is 17.8. The predicted molar refractivity (Wildman–Crippen MR) is 142 cm³/mol. The summed E-state index contributed by atoms with van der Waals surface area (Å²) in [5.74, 6) is 0.789. The molecule has 0 bridgehead atoms. The molecule has 188 valence electrons. The van der Waals surface area contributed by atoms with Crippen molar-refractivity contribution < 1.29 is 17.9 Å². The van der Waals surface area contributed by atoms with Crippen LogP contribution in [0.25, 0.3) is 0 Å². The van der Waals surface area contributed by atoms with Crippen molar-refractivity contribution in [2.45, 2.75) is 24.3 Å². The highest BCUT2D eigenvalue weighted by molar-refractivity contribution is 7.92. The van der Waals surface area contributed by atoms with Gasteiger partial charge in [-0.3, -0.25) is 9.10 Å². The fourth-order valence-electron chi connectivity index (χ4n) is 4.97. The van der Waals surface area contributed by atoms with Gasteiger partial charge in [0.25, 0.3) is 15.9 Å². The van der Waals surface area contributed by atoms with Gasteiger partial charge in [-0.15, -0.1) is 0 Å². The molecule has 3 aromatic rings. The van der Waals surface area contributed by atoms with E-state index in [0.717, 1.165) is 30.1 Å². The summed E-state index contributed by atoms with van der Waals surface area (Å²) in [6.45, 7) is 4.61. The monoisotopic (exact) mass is 525 g/mol. The number of hydrogen-bond acceptors (Lipinski definition) is 5. The Labute approximate surface area is 216 Å². The van der Waals surface area contributed by atoms with Crippen LogP contribution in [0.5, 0.6) is 5.75 Å². The van der Waals surface area contributed by atoms with Gasteiger partial charge in [0.15, 0.2) is 0 Å².